The minimum Gasteiger partial charge on any atom is -0.480 e. The zero-order valence-corrected chi connectivity index (χ0v) is 28.7. The van der Waals surface area contributed by atoms with Gasteiger partial charge in [0.1, 0.15) is 6.54 Å². The number of aliphatic carboxylic acids is 4. The van der Waals surface area contributed by atoms with Gasteiger partial charge in [0, 0.05) is 63.3 Å². The Bertz CT molecular complexity index is 1550. The summed E-state index contributed by atoms with van der Waals surface area (Å²) >= 11 is 0. The number of carboxylic acid groups (broad SMARTS) is 4. The number of carboxylic acids is 4. The summed E-state index contributed by atoms with van der Waals surface area (Å²) in [5.41, 5.74) is 0.906. The number of carbonyl (C=O) groups is 5. The first kappa shape index (κ1) is 40.9. The minimum atomic E-state index is -3.59. The van der Waals surface area contributed by atoms with Crippen LogP contribution in [-0.4, -0.2) is 159 Å². The normalized spacial score (nSPS) is 11.6. The summed E-state index contributed by atoms with van der Waals surface area (Å²) in [5.74, 6) is -5.40. The molecule has 49 heavy (non-hydrogen) atoms. The third-order valence-corrected chi connectivity index (χ3v) is 9.49. The average molecular weight is 710 g/mol. The van der Waals surface area contributed by atoms with Crippen LogP contribution in [0, 0.1) is 0 Å². The monoisotopic (exact) mass is 709 g/mol. The van der Waals surface area contributed by atoms with Gasteiger partial charge in [-0.25, -0.2) is 8.42 Å². The zero-order valence-electron chi connectivity index (χ0n) is 27.9. The number of rotatable bonds is 25. The van der Waals surface area contributed by atoms with Gasteiger partial charge in [0.25, 0.3) is 0 Å². The second kappa shape index (κ2) is 20.3. The van der Waals surface area contributed by atoms with Crippen molar-refractivity contribution >= 4 is 56.1 Å². The van der Waals surface area contributed by atoms with Crippen molar-refractivity contribution in [3.63, 3.8) is 0 Å². The SMILES string of the molecule is CN(C)c1cccc2c(S(=O)(=O)CCCCCCN(CC(=O)O)C(=O)CN(CCN(CCNCC(=O)O)CC(=O)O)CC(=O)O)cccc12. The largest absolute Gasteiger partial charge is 0.480 e. The Labute approximate surface area is 285 Å². The lowest BCUT2D eigenvalue weighted by Crippen LogP contribution is -2.47. The summed E-state index contributed by atoms with van der Waals surface area (Å²) in [7, 11) is 0.187. The van der Waals surface area contributed by atoms with E-state index in [1.165, 1.54) is 9.80 Å². The van der Waals surface area contributed by atoms with Crippen LogP contribution in [-0.2, 0) is 33.8 Å². The van der Waals surface area contributed by atoms with Gasteiger partial charge in [-0.3, -0.25) is 33.8 Å². The van der Waals surface area contributed by atoms with Gasteiger partial charge in [0.2, 0.25) is 5.91 Å². The number of amides is 1. The Balaban J connectivity index is 1.95. The van der Waals surface area contributed by atoms with E-state index in [0.29, 0.717) is 31.1 Å². The molecule has 0 heterocycles. The van der Waals surface area contributed by atoms with Crippen LogP contribution in [0.3, 0.4) is 0 Å². The first-order valence-electron chi connectivity index (χ1n) is 15.8. The van der Waals surface area contributed by atoms with E-state index >= 15 is 0 Å². The van der Waals surface area contributed by atoms with Crippen molar-refractivity contribution in [1.29, 1.82) is 0 Å². The highest BCUT2D eigenvalue weighted by Gasteiger charge is 2.23. The summed E-state index contributed by atoms with van der Waals surface area (Å²) in [6.07, 6.45) is 1.81. The summed E-state index contributed by atoms with van der Waals surface area (Å²) in [6.45, 7) is -1.87. The van der Waals surface area contributed by atoms with Crippen LogP contribution in [0.15, 0.2) is 41.3 Å². The number of carbonyl (C=O) groups excluding carboxylic acids is 1. The maximum Gasteiger partial charge on any atom is 0.323 e. The van der Waals surface area contributed by atoms with E-state index in [4.69, 9.17) is 5.11 Å². The molecule has 272 valence electrons. The number of fused-ring (bicyclic) bond motifs is 1. The molecule has 2 rings (SSSR count). The number of benzene rings is 2. The number of hydrogen-bond donors (Lipinski definition) is 5. The number of anilines is 1. The average Bonchev–Trinajstić information content (AvgIpc) is 3.01. The lowest BCUT2D eigenvalue weighted by atomic mass is 10.1. The molecule has 0 saturated carbocycles. The van der Waals surface area contributed by atoms with Crippen LogP contribution in [0.25, 0.3) is 10.8 Å². The number of nitrogens with zero attached hydrogens (tertiary/aromatic N) is 4. The molecule has 0 aliphatic rings. The smallest absolute Gasteiger partial charge is 0.323 e. The van der Waals surface area contributed by atoms with Gasteiger partial charge in [-0.15, -0.1) is 0 Å². The number of nitrogens with one attached hydrogen (secondary N) is 1. The second-order valence-electron chi connectivity index (χ2n) is 11.8. The van der Waals surface area contributed by atoms with Crippen LogP contribution < -0.4 is 10.2 Å². The van der Waals surface area contributed by atoms with E-state index in [1.54, 1.807) is 18.2 Å². The molecule has 0 saturated heterocycles. The van der Waals surface area contributed by atoms with E-state index in [0.717, 1.165) is 16.0 Å². The third kappa shape index (κ3) is 14.8. The van der Waals surface area contributed by atoms with Gasteiger partial charge < -0.3 is 35.5 Å². The molecule has 0 aliphatic carbocycles. The molecular formula is C32H47N5O11S. The van der Waals surface area contributed by atoms with Gasteiger partial charge in [0.15, 0.2) is 9.84 Å². The summed E-state index contributed by atoms with van der Waals surface area (Å²) < 4.78 is 26.5. The Hall–Kier alpha value is -4.32. The van der Waals surface area contributed by atoms with Gasteiger partial charge in [-0.1, -0.05) is 37.1 Å². The lowest BCUT2D eigenvalue weighted by Gasteiger charge is -2.28. The predicted molar refractivity (Wildman–Crippen MR) is 182 cm³/mol. The fourth-order valence-electron chi connectivity index (χ4n) is 5.31. The van der Waals surface area contributed by atoms with E-state index in [2.05, 4.69) is 5.32 Å². The quantitative estimate of drug-likeness (QED) is 0.0890. The number of unbranched alkanes of at least 4 members (excludes halogenated alkanes) is 3. The summed E-state index contributed by atoms with van der Waals surface area (Å²) in [6, 6.07) is 10.7. The standard InChI is InChI=1S/C32H47N5O11S/c1-34(2)26-11-7-10-25-24(26)9-8-12-27(25)49(47,48)18-6-4-3-5-14-37(23-32(45)46)28(38)20-36(22-31(43)44)17-16-35(21-30(41)42)15-13-33-19-29(39)40/h7-12,33H,3-6,13-23H2,1-2H3,(H,39,40)(H,41,42)(H,43,44)(H,45,46). The maximum atomic E-state index is 13.3. The fraction of sp³-hybridized carbons (Fsp3) is 0.531. The third-order valence-electron chi connectivity index (χ3n) is 7.64. The molecule has 0 radical (unpaired) electrons. The van der Waals surface area contributed by atoms with Crippen molar-refractivity contribution in [1.82, 2.24) is 20.0 Å². The molecule has 5 N–H and O–H groups in total. The Morgan fingerprint density at radius 1 is 0.653 bits per heavy atom. The van der Waals surface area contributed by atoms with Crippen LogP contribution in [0.1, 0.15) is 25.7 Å². The van der Waals surface area contributed by atoms with Gasteiger partial charge in [-0.2, -0.15) is 0 Å². The molecule has 0 spiro atoms. The number of sulfone groups is 1. The molecule has 2 aromatic rings. The Morgan fingerprint density at radius 2 is 1.24 bits per heavy atom. The highest BCUT2D eigenvalue weighted by atomic mass is 32.2. The zero-order chi connectivity index (χ0) is 36.6. The van der Waals surface area contributed by atoms with Crippen molar-refractivity contribution in [2.75, 3.05) is 90.2 Å². The highest BCUT2D eigenvalue weighted by Crippen LogP contribution is 2.31. The van der Waals surface area contributed by atoms with E-state index in [-0.39, 0.29) is 49.9 Å². The van der Waals surface area contributed by atoms with E-state index < -0.39 is 65.8 Å². The molecule has 16 nitrogen and oxygen atoms in total. The molecule has 1 amide bonds. The topological polar surface area (TPSA) is 225 Å². The van der Waals surface area contributed by atoms with Crippen LogP contribution in [0.5, 0.6) is 0 Å². The van der Waals surface area contributed by atoms with Crippen molar-refractivity contribution in [2.45, 2.75) is 30.6 Å². The molecule has 0 aromatic heterocycles. The Morgan fingerprint density at radius 3 is 1.88 bits per heavy atom. The minimum absolute atomic E-state index is 0.0210. The predicted octanol–water partition coefficient (Wildman–Crippen LogP) is 0.601. The highest BCUT2D eigenvalue weighted by molar-refractivity contribution is 7.91. The first-order chi connectivity index (χ1) is 23.1. The molecule has 0 atom stereocenters. The molecule has 0 bridgehead atoms. The molecule has 2 aromatic carbocycles. The van der Waals surface area contributed by atoms with Crippen molar-refractivity contribution in [2.24, 2.45) is 0 Å². The second-order valence-corrected chi connectivity index (χ2v) is 13.9. The number of hydrogen-bond acceptors (Lipinski definition) is 11. The summed E-state index contributed by atoms with van der Waals surface area (Å²) in [5, 5.41) is 40.9. The molecule has 0 fully saturated rings. The Kier molecular flexibility index (Phi) is 16.9. The van der Waals surface area contributed by atoms with Crippen molar-refractivity contribution < 1.29 is 52.8 Å². The maximum absolute atomic E-state index is 13.3. The van der Waals surface area contributed by atoms with Gasteiger partial charge in [-0.05, 0) is 25.0 Å². The van der Waals surface area contributed by atoms with Crippen LogP contribution in [0.2, 0.25) is 0 Å². The van der Waals surface area contributed by atoms with Crippen LogP contribution >= 0.6 is 0 Å². The van der Waals surface area contributed by atoms with E-state index in [9.17, 15) is 47.7 Å². The molecule has 17 heteroatoms. The molecular weight excluding hydrogens is 662 g/mol. The van der Waals surface area contributed by atoms with Crippen molar-refractivity contribution in [3.8, 4) is 0 Å². The van der Waals surface area contributed by atoms with E-state index in [1.807, 2.05) is 37.2 Å². The van der Waals surface area contributed by atoms with Crippen LogP contribution in [0.4, 0.5) is 5.69 Å². The molecule has 0 aliphatic heterocycles. The van der Waals surface area contributed by atoms with Gasteiger partial charge in [0.05, 0.1) is 36.8 Å². The first-order valence-corrected chi connectivity index (χ1v) is 17.5. The summed E-state index contributed by atoms with van der Waals surface area (Å²) in [4.78, 5) is 64.2. The molecule has 0 unspecified atom stereocenters. The fourth-order valence-corrected chi connectivity index (χ4v) is 6.92. The van der Waals surface area contributed by atoms with Crippen molar-refractivity contribution in [3.05, 3.63) is 36.4 Å². The lowest BCUT2D eigenvalue weighted by molar-refractivity contribution is -0.146. The van der Waals surface area contributed by atoms with Gasteiger partial charge >= 0.3 is 23.9 Å².